The largest absolute Gasteiger partial charge is 1.00 e. The number of hydrogen-bond acceptors (Lipinski definition) is 5. The molecule has 0 amide bonds. The topological polar surface area (TPSA) is 80.3 Å². The third-order valence-corrected chi connectivity index (χ3v) is 1.89. The molecule has 0 rings (SSSR count). The number of carboxylic acid groups (broad SMARTS) is 2. The maximum absolute atomic E-state index is 9.84. The second-order valence-corrected chi connectivity index (χ2v) is 3.08. The van der Waals surface area contributed by atoms with E-state index in [0.717, 1.165) is 0 Å². The molecule has 13 heavy (non-hydrogen) atoms. The van der Waals surface area contributed by atoms with Crippen LogP contribution in [0.2, 0.25) is 0 Å². The molecule has 84 valence electrons. The van der Waals surface area contributed by atoms with Crippen LogP contribution in [0.1, 0.15) is 12.8 Å². The molecule has 0 aromatic carbocycles. The standard InChI is InChI=1S/C6H10O4S.2Cu/c7-5(8)1-3-11-4-2-6(9)10;;/h1-4H2,(H,7,8)(H,9,10);;/q;2*+1/p-2. The molecule has 0 bridgehead atoms. The summed E-state index contributed by atoms with van der Waals surface area (Å²) in [5.74, 6) is -1.41. The second-order valence-electron chi connectivity index (χ2n) is 1.86. The van der Waals surface area contributed by atoms with Gasteiger partial charge in [-0.3, -0.25) is 0 Å². The molecular formula is C6H8Cu2O4S. The molecule has 0 aromatic heterocycles. The van der Waals surface area contributed by atoms with Gasteiger partial charge in [0.15, 0.2) is 0 Å². The van der Waals surface area contributed by atoms with Crippen LogP contribution in [0.5, 0.6) is 0 Å². The molecule has 0 atom stereocenters. The molecule has 0 radical (unpaired) electrons. The zero-order chi connectivity index (χ0) is 8.69. The van der Waals surface area contributed by atoms with Crippen molar-refractivity contribution in [3.05, 3.63) is 0 Å². The van der Waals surface area contributed by atoms with Gasteiger partial charge in [0.25, 0.3) is 0 Å². The molecular weight excluding hydrogens is 295 g/mol. The molecule has 0 aromatic rings. The molecule has 0 fully saturated rings. The van der Waals surface area contributed by atoms with Gasteiger partial charge in [0.2, 0.25) is 0 Å². The van der Waals surface area contributed by atoms with Gasteiger partial charge in [0.05, 0.1) is 0 Å². The van der Waals surface area contributed by atoms with E-state index in [9.17, 15) is 19.8 Å². The molecule has 7 heteroatoms. The minimum absolute atomic E-state index is 0. The molecule has 0 aliphatic heterocycles. The maximum Gasteiger partial charge on any atom is 1.00 e. The molecule has 4 nitrogen and oxygen atoms in total. The van der Waals surface area contributed by atoms with Crippen LogP contribution in [0.25, 0.3) is 0 Å². The Morgan fingerprint density at radius 2 is 1.23 bits per heavy atom. The third kappa shape index (κ3) is 19.0. The summed E-state index contributed by atoms with van der Waals surface area (Å²) in [6.45, 7) is 0. The predicted molar refractivity (Wildman–Crippen MR) is 36.6 cm³/mol. The summed E-state index contributed by atoms with van der Waals surface area (Å²) >= 11 is 1.27. The first-order valence-corrected chi connectivity index (χ1v) is 4.26. The molecule has 0 spiro atoms. The van der Waals surface area contributed by atoms with Crippen LogP contribution in [0.3, 0.4) is 0 Å². The summed E-state index contributed by atoms with van der Waals surface area (Å²) in [7, 11) is 0. The quantitative estimate of drug-likeness (QED) is 0.419. The predicted octanol–water partition coefficient (Wildman–Crippen LogP) is -2.01. The van der Waals surface area contributed by atoms with Crippen LogP contribution in [-0.4, -0.2) is 23.4 Å². The Hall–Kier alpha value is 0.329. The third-order valence-electron chi connectivity index (χ3n) is 0.901. The van der Waals surface area contributed by atoms with Crippen LogP contribution in [0.15, 0.2) is 0 Å². The Balaban J connectivity index is -0.000000500. The van der Waals surface area contributed by atoms with Gasteiger partial charge in [-0.2, -0.15) is 11.8 Å². The first-order chi connectivity index (χ1) is 5.13. The van der Waals surface area contributed by atoms with Crippen molar-refractivity contribution >= 4 is 23.7 Å². The van der Waals surface area contributed by atoms with Gasteiger partial charge in [0, 0.05) is 11.9 Å². The van der Waals surface area contributed by atoms with Gasteiger partial charge in [-0.1, -0.05) is 0 Å². The fourth-order valence-electron chi connectivity index (χ4n) is 0.413. The smallest absolute Gasteiger partial charge is 0.550 e. The van der Waals surface area contributed by atoms with Crippen LogP contribution in [0.4, 0.5) is 0 Å². The Labute approximate surface area is 102 Å². The normalized spacial score (nSPS) is 8.00. The fraction of sp³-hybridized carbons (Fsp3) is 0.667. The van der Waals surface area contributed by atoms with Crippen molar-refractivity contribution in [3.63, 3.8) is 0 Å². The van der Waals surface area contributed by atoms with Gasteiger partial charge < -0.3 is 19.8 Å². The Morgan fingerprint density at radius 1 is 0.923 bits per heavy atom. The average Bonchev–Trinajstić information content (AvgIpc) is 1.85. The number of carbonyl (C=O) groups excluding carboxylic acids is 2. The Bertz CT molecular complexity index is 138. The maximum atomic E-state index is 9.84. The molecule has 0 saturated heterocycles. The number of aliphatic carboxylic acids is 2. The second kappa shape index (κ2) is 12.3. The number of rotatable bonds is 6. The van der Waals surface area contributed by atoms with Crippen molar-refractivity contribution in [1.82, 2.24) is 0 Å². The van der Waals surface area contributed by atoms with Crippen molar-refractivity contribution in [2.45, 2.75) is 12.8 Å². The van der Waals surface area contributed by atoms with Crippen LogP contribution in [0, 0.1) is 0 Å². The van der Waals surface area contributed by atoms with E-state index in [1.54, 1.807) is 0 Å². The average molecular weight is 303 g/mol. The van der Waals surface area contributed by atoms with Crippen molar-refractivity contribution in [3.8, 4) is 0 Å². The van der Waals surface area contributed by atoms with E-state index < -0.39 is 11.9 Å². The van der Waals surface area contributed by atoms with E-state index in [1.807, 2.05) is 0 Å². The Morgan fingerprint density at radius 3 is 1.46 bits per heavy atom. The zero-order valence-electron chi connectivity index (χ0n) is 6.47. The van der Waals surface area contributed by atoms with Gasteiger partial charge in [-0.25, -0.2) is 0 Å². The molecule has 0 N–H and O–H groups in total. The summed E-state index contributed by atoms with van der Waals surface area (Å²) in [5, 5.41) is 19.7. The molecule has 0 unspecified atom stereocenters. The summed E-state index contributed by atoms with van der Waals surface area (Å²) in [6, 6.07) is 0. The first-order valence-electron chi connectivity index (χ1n) is 3.10. The minimum Gasteiger partial charge on any atom is -0.550 e. The van der Waals surface area contributed by atoms with Gasteiger partial charge in [-0.15, -0.1) is 0 Å². The van der Waals surface area contributed by atoms with E-state index in [4.69, 9.17) is 0 Å². The van der Waals surface area contributed by atoms with E-state index in [0.29, 0.717) is 11.5 Å². The zero-order valence-corrected chi connectivity index (χ0v) is 9.17. The number of hydrogen-bond donors (Lipinski definition) is 0. The first kappa shape index (κ1) is 19.0. The number of carbonyl (C=O) groups is 2. The van der Waals surface area contributed by atoms with Gasteiger partial charge in [-0.05, 0) is 24.3 Å². The molecule has 0 aliphatic carbocycles. The summed E-state index contributed by atoms with van der Waals surface area (Å²) in [4.78, 5) is 19.7. The number of thioether (sulfide) groups is 1. The summed E-state index contributed by atoms with van der Waals surface area (Å²) < 4.78 is 0. The van der Waals surface area contributed by atoms with Crippen LogP contribution >= 0.6 is 11.8 Å². The van der Waals surface area contributed by atoms with Crippen LogP contribution < -0.4 is 10.2 Å². The summed E-state index contributed by atoms with van der Waals surface area (Å²) in [5.41, 5.74) is 0. The fourth-order valence-corrected chi connectivity index (χ4v) is 1.24. The molecule has 0 aliphatic rings. The van der Waals surface area contributed by atoms with E-state index in [-0.39, 0.29) is 47.0 Å². The number of carboxylic acids is 2. The van der Waals surface area contributed by atoms with Gasteiger partial charge in [0.1, 0.15) is 0 Å². The SMILES string of the molecule is O=C([O-])CCSCCC(=O)[O-].[Cu+].[Cu+]. The van der Waals surface area contributed by atoms with E-state index in [2.05, 4.69) is 0 Å². The van der Waals surface area contributed by atoms with Crippen molar-refractivity contribution in [1.29, 1.82) is 0 Å². The van der Waals surface area contributed by atoms with E-state index in [1.165, 1.54) is 11.8 Å². The van der Waals surface area contributed by atoms with Crippen LogP contribution in [-0.2, 0) is 43.7 Å². The van der Waals surface area contributed by atoms with Crippen molar-refractivity contribution < 1.29 is 53.9 Å². The van der Waals surface area contributed by atoms with Crippen molar-refractivity contribution in [2.75, 3.05) is 11.5 Å². The van der Waals surface area contributed by atoms with E-state index >= 15 is 0 Å². The van der Waals surface area contributed by atoms with Crippen molar-refractivity contribution in [2.24, 2.45) is 0 Å². The molecule has 0 heterocycles. The summed E-state index contributed by atoms with van der Waals surface area (Å²) in [6.07, 6.45) is -0.0601. The van der Waals surface area contributed by atoms with Gasteiger partial charge >= 0.3 is 34.1 Å². The molecule has 0 saturated carbocycles. The minimum atomic E-state index is -1.11. The monoisotopic (exact) mass is 302 g/mol. The Kier molecular flexibility index (Phi) is 18.0.